The SMILES string of the molecule is Cc1cc2nnc(-c3cccc(N)c3)n2c(C)n1. The van der Waals surface area contributed by atoms with Crippen molar-refractivity contribution in [3.8, 4) is 11.4 Å². The van der Waals surface area contributed by atoms with Crippen molar-refractivity contribution < 1.29 is 0 Å². The van der Waals surface area contributed by atoms with Crippen LogP contribution in [0.5, 0.6) is 0 Å². The van der Waals surface area contributed by atoms with Crippen molar-refractivity contribution in [2.75, 3.05) is 5.73 Å². The molecule has 0 aliphatic carbocycles. The molecule has 3 aromatic rings. The first-order valence-electron chi connectivity index (χ1n) is 5.70. The summed E-state index contributed by atoms with van der Waals surface area (Å²) in [5.41, 5.74) is 9.19. The van der Waals surface area contributed by atoms with Gasteiger partial charge in [0.25, 0.3) is 0 Å². The van der Waals surface area contributed by atoms with Gasteiger partial charge in [0, 0.05) is 23.0 Å². The smallest absolute Gasteiger partial charge is 0.169 e. The zero-order valence-corrected chi connectivity index (χ0v) is 10.3. The highest BCUT2D eigenvalue weighted by Crippen LogP contribution is 2.21. The minimum Gasteiger partial charge on any atom is -0.399 e. The van der Waals surface area contributed by atoms with Gasteiger partial charge in [0.15, 0.2) is 11.5 Å². The van der Waals surface area contributed by atoms with E-state index in [2.05, 4.69) is 15.2 Å². The van der Waals surface area contributed by atoms with Crippen LogP contribution < -0.4 is 5.73 Å². The number of fused-ring (bicyclic) bond motifs is 1. The summed E-state index contributed by atoms with van der Waals surface area (Å²) >= 11 is 0. The molecule has 0 atom stereocenters. The van der Waals surface area contributed by atoms with Gasteiger partial charge in [0.2, 0.25) is 0 Å². The summed E-state index contributed by atoms with van der Waals surface area (Å²) in [6, 6.07) is 9.52. The van der Waals surface area contributed by atoms with Crippen molar-refractivity contribution in [1.29, 1.82) is 0 Å². The number of anilines is 1. The van der Waals surface area contributed by atoms with Crippen LogP contribution in [0, 0.1) is 13.8 Å². The van der Waals surface area contributed by atoms with E-state index in [1.165, 1.54) is 0 Å². The molecule has 3 rings (SSSR count). The molecule has 2 N–H and O–H groups in total. The Labute approximate surface area is 104 Å². The molecule has 5 heteroatoms. The van der Waals surface area contributed by atoms with Crippen LogP contribution in [0.4, 0.5) is 5.69 Å². The Morgan fingerprint density at radius 3 is 2.72 bits per heavy atom. The maximum absolute atomic E-state index is 5.80. The third kappa shape index (κ3) is 1.60. The van der Waals surface area contributed by atoms with Crippen LogP contribution >= 0.6 is 0 Å². The van der Waals surface area contributed by atoms with Crippen LogP contribution in [-0.4, -0.2) is 19.6 Å². The fraction of sp³-hybridized carbons (Fsp3) is 0.154. The molecule has 1 aromatic carbocycles. The van der Waals surface area contributed by atoms with Crippen molar-refractivity contribution in [3.05, 3.63) is 41.9 Å². The Bertz CT molecular complexity index is 729. The van der Waals surface area contributed by atoms with Crippen molar-refractivity contribution in [1.82, 2.24) is 19.6 Å². The third-order valence-electron chi connectivity index (χ3n) is 2.83. The molecule has 0 amide bonds. The number of nitrogen functional groups attached to an aromatic ring is 1. The molecule has 2 aromatic heterocycles. The van der Waals surface area contributed by atoms with Gasteiger partial charge in [-0.3, -0.25) is 4.40 Å². The maximum Gasteiger partial charge on any atom is 0.169 e. The van der Waals surface area contributed by atoms with Crippen LogP contribution in [0.15, 0.2) is 30.3 Å². The summed E-state index contributed by atoms with van der Waals surface area (Å²) in [6.45, 7) is 3.89. The van der Waals surface area contributed by atoms with Crippen molar-refractivity contribution in [2.24, 2.45) is 0 Å². The minimum absolute atomic E-state index is 0.710. The van der Waals surface area contributed by atoms with Gasteiger partial charge in [-0.15, -0.1) is 10.2 Å². The van der Waals surface area contributed by atoms with E-state index < -0.39 is 0 Å². The molecule has 0 aliphatic rings. The van der Waals surface area contributed by atoms with Crippen LogP contribution in [0.3, 0.4) is 0 Å². The van der Waals surface area contributed by atoms with Gasteiger partial charge >= 0.3 is 0 Å². The molecule has 0 radical (unpaired) electrons. The van der Waals surface area contributed by atoms with Crippen LogP contribution in [-0.2, 0) is 0 Å². The Balaban J connectivity index is 2.31. The van der Waals surface area contributed by atoms with Crippen LogP contribution in [0.2, 0.25) is 0 Å². The molecule has 0 aliphatic heterocycles. The number of hydrogen-bond acceptors (Lipinski definition) is 4. The summed E-state index contributed by atoms with van der Waals surface area (Å²) in [6.07, 6.45) is 0. The normalized spacial score (nSPS) is 11.0. The number of nitrogens with zero attached hydrogens (tertiary/aromatic N) is 4. The van der Waals surface area contributed by atoms with Gasteiger partial charge in [-0.2, -0.15) is 0 Å². The third-order valence-corrected chi connectivity index (χ3v) is 2.83. The summed E-state index contributed by atoms with van der Waals surface area (Å²) < 4.78 is 1.93. The number of aromatic nitrogens is 4. The van der Waals surface area contributed by atoms with Crippen LogP contribution in [0.25, 0.3) is 17.0 Å². The van der Waals surface area contributed by atoms with E-state index in [0.717, 1.165) is 28.6 Å². The van der Waals surface area contributed by atoms with E-state index in [4.69, 9.17) is 5.73 Å². The maximum atomic E-state index is 5.80. The van der Waals surface area contributed by atoms with Gasteiger partial charge < -0.3 is 5.73 Å². The molecule has 0 saturated heterocycles. The van der Waals surface area contributed by atoms with Gasteiger partial charge in [0.05, 0.1) is 0 Å². The molecule has 0 fully saturated rings. The van der Waals surface area contributed by atoms with E-state index in [1.54, 1.807) is 0 Å². The number of benzene rings is 1. The Kier molecular flexibility index (Phi) is 2.26. The first-order chi connectivity index (χ1) is 8.65. The zero-order valence-electron chi connectivity index (χ0n) is 10.3. The lowest BCUT2D eigenvalue weighted by atomic mass is 10.2. The quantitative estimate of drug-likeness (QED) is 0.659. The highest BCUT2D eigenvalue weighted by molar-refractivity contribution is 5.64. The number of hydrogen-bond donors (Lipinski definition) is 1. The Hall–Kier alpha value is -2.43. The van der Waals surface area contributed by atoms with E-state index in [9.17, 15) is 0 Å². The second-order valence-corrected chi connectivity index (χ2v) is 4.29. The van der Waals surface area contributed by atoms with E-state index in [0.29, 0.717) is 5.69 Å². The topological polar surface area (TPSA) is 69.1 Å². The van der Waals surface area contributed by atoms with E-state index in [1.807, 2.05) is 48.6 Å². The molecule has 90 valence electrons. The predicted octanol–water partition coefficient (Wildman–Crippen LogP) is 1.99. The summed E-state index contributed by atoms with van der Waals surface area (Å²) in [4.78, 5) is 4.43. The van der Waals surface area contributed by atoms with E-state index >= 15 is 0 Å². The second-order valence-electron chi connectivity index (χ2n) is 4.29. The molecule has 0 unspecified atom stereocenters. The number of nitrogens with two attached hydrogens (primary N) is 1. The number of rotatable bonds is 1. The lowest BCUT2D eigenvalue weighted by molar-refractivity contribution is 0.962. The monoisotopic (exact) mass is 239 g/mol. The van der Waals surface area contributed by atoms with Gasteiger partial charge in [0.1, 0.15) is 5.82 Å². The lowest BCUT2D eigenvalue weighted by Gasteiger charge is -2.04. The zero-order chi connectivity index (χ0) is 12.7. The highest BCUT2D eigenvalue weighted by atomic mass is 15.3. The van der Waals surface area contributed by atoms with Gasteiger partial charge in [-0.1, -0.05) is 12.1 Å². The summed E-state index contributed by atoms with van der Waals surface area (Å²) in [5.74, 6) is 1.63. The Morgan fingerprint density at radius 2 is 1.94 bits per heavy atom. The lowest BCUT2D eigenvalue weighted by Crippen LogP contribution is -1.99. The van der Waals surface area contributed by atoms with Gasteiger partial charge in [-0.25, -0.2) is 4.98 Å². The fourth-order valence-corrected chi connectivity index (χ4v) is 2.10. The summed E-state index contributed by atoms with van der Waals surface area (Å²) in [5, 5.41) is 8.40. The number of aryl methyl sites for hydroxylation is 2. The Morgan fingerprint density at radius 1 is 1.11 bits per heavy atom. The average molecular weight is 239 g/mol. The first kappa shape index (κ1) is 10.7. The molecule has 0 bridgehead atoms. The second kappa shape index (κ2) is 3.80. The van der Waals surface area contributed by atoms with Crippen molar-refractivity contribution >= 4 is 11.3 Å². The van der Waals surface area contributed by atoms with Crippen LogP contribution in [0.1, 0.15) is 11.5 Å². The average Bonchev–Trinajstić information content (AvgIpc) is 2.72. The summed E-state index contributed by atoms with van der Waals surface area (Å²) in [7, 11) is 0. The largest absolute Gasteiger partial charge is 0.399 e. The molecule has 5 nitrogen and oxygen atoms in total. The molecule has 0 spiro atoms. The molecular weight excluding hydrogens is 226 g/mol. The van der Waals surface area contributed by atoms with E-state index in [-0.39, 0.29) is 0 Å². The molecular formula is C13H13N5. The molecule has 18 heavy (non-hydrogen) atoms. The first-order valence-corrected chi connectivity index (χ1v) is 5.70. The minimum atomic E-state index is 0.710. The molecule has 2 heterocycles. The standard InChI is InChI=1S/C13H13N5/c1-8-6-12-16-17-13(18(12)9(2)15-8)10-4-3-5-11(14)7-10/h3-7H,14H2,1-2H3. The van der Waals surface area contributed by atoms with Crippen molar-refractivity contribution in [2.45, 2.75) is 13.8 Å². The molecule has 0 saturated carbocycles. The van der Waals surface area contributed by atoms with Crippen molar-refractivity contribution in [3.63, 3.8) is 0 Å². The highest BCUT2D eigenvalue weighted by Gasteiger charge is 2.11. The van der Waals surface area contributed by atoms with Gasteiger partial charge in [-0.05, 0) is 26.0 Å². The predicted molar refractivity (Wildman–Crippen MR) is 70.1 cm³/mol. The fourth-order valence-electron chi connectivity index (χ4n) is 2.10.